The number of thioether (sulfide) groups is 1. The Balaban J connectivity index is 2.07. The zero-order valence-electron chi connectivity index (χ0n) is 15.3. The number of tetrazole rings is 1. The molecule has 2 rings (SSSR count). The normalized spacial score (nSPS) is 11.7. The molecule has 9 nitrogen and oxygen atoms in total. The summed E-state index contributed by atoms with van der Waals surface area (Å²) in [5, 5.41) is 13.9. The topological polar surface area (TPSA) is 116 Å². The molecular formula is C17H21N5O4S. The summed E-state index contributed by atoms with van der Waals surface area (Å²) in [5.41, 5.74) is 2.11. The molecule has 0 aliphatic carbocycles. The Hall–Kier alpha value is -2.75. The van der Waals surface area contributed by atoms with Crippen LogP contribution in [0.25, 0.3) is 0 Å². The average molecular weight is 391 g/mol. The van der Waals surface area contributed by atoms with Crippen LogP contribution >= 0.6 is 11.8 Å². The molecule has 0 fully saturated rings. The highest BCUT2D eigenvalue weighted by Gasteiger charge is 2.22. The molecule has 10 heteroatoms. The average Bonchev–Trinajstić information content (AvgIpc) is 3.06. The maximum Gasteiger partial charge on any atom is 0.329 e. The van der Waals surface area contributed by atoms with Crippen molar-refractivity contribution in [1.29, 1.82) is 0 Å². The van der Waals surface area contributed by atoms with Crippen LogP contribution in [0.4, 0.5) is 5.95 Å². The Morgan fingerprint density at radius 2 is 2.04 bits per heavy atom. The van der Waals surface area contributed by atoms with Crippen LogP contribution in [0.2, 0.25) is 0 Å². The minimum Gasteiger partial charge on any atom is -0.468 e. The van der Waals surface area contributed by atoms with E-state index in [2.05, 4.69) is 25.5 Å². The quantitative estimate of drug-likeness (QED) is 0.668. The van der Waals surface area contributed by atoms with Gasteiger partial charge >= 0.3 is 5.97 Å². The van der Waals surface area contributed by atoms with Crippen LogP contribution in [0.15, 0.2) is 24.3 Å². The van der Waals surface area contributed by atoms with Gasteiger partial charge in [0, 0.05) is 12.7 Å². The number of rotatable bonds is 8. The zero-order valence-corrected chi connectivity index (χ0v) is 16.2. The van der Waals surface area contributed by atoms with E-state index in [9.17, 15) is 14.4 Å². The molecule has 2 aromatic rings. The first-order valence-corrected chi connectivity index (χ1v) is 9.21. The molecule has 0 bridgehead atoms. The number of amides is 1. The molecule has 1 aromatic heterocycles. The minimum atomic E-state index is -0.527. The highest BCUT2D eigenvalue weighted by Crippen LogP contribution is 2.19. The lowest BCUT2D eigenvalue weighted by atomic mass is 9.97. The lowest BCUT2D eigenvalue weighted by molar-refractivity contribution is -0.141. The molecule has 0 saturated carbocycles. The van der Waals surface area contributed by atoms with Crippen LogP contribution in [0, 0.1) is 12.8 Å². The van der Waals surface area contributed by atoms with Gasteiger partial charge in [0.15, 0.2) is 11.7 Å². The number of esters is 1. The van der Waals surface area contributed by atoms with Crippen LogP contribution in [0.3, 0.4) is 0 Å². The van der Waals surface area contributed by atoms with Gasteiger partial charge in [-0.25, -0.2) is 4.79 Å². The third kappa shape index (κ3) is 6.48. The number of benzene rings is 1. The van der Waals surface area contributed by atoms with Gasteiger partial charge in [0.05, 0.1) is 13.0 Å². The molecule has 0 aliphatic rings. The SMILES string of the molecule is COC(=O)Cn1nnc(NC(=O)[C@@H](CSC(C)=O)Cc2ccccc2C)n1. The molecule has 0 aliphatic heterocycles. The third-order valence-corrected chi connectivity index (χ3v) is 4.75. The van der Waals surface area contributed by atoms with E-state index >= 15 is 0 Å². The van der Waals surface area contributed by atoms with E-state index < -0.39 is 11.9 Å². The molecule has 0 saturated heterocycles. The van der Waals surface area contributed by atoms with E-state index in [1.54, 1.807) is 0 Å². The van der Waals surface area contributed by atoms with E-state index in [4.69, 9.17) is 0 Å². The molecule has 1 atom stereocenters. The van der Waals surface area contributed by atoms with Crippen molar-refractivity contribution in [1.82, 2.24) is 20.2 Å². The van der Waals surface area contributed by atoms with Gasteiger partial charge in [-0.15, -0.1) is 5.10 Å². The van der Waals surface area contributed by atoms with Crippen LogP contribution in [0.5, 0.6) is 0 Å². The number of hydrogen-bond donors (Lipinski definition) is 1. The maximum atomic E-state index is 12.7. The number of nitrogens with one attached hydrogen (secondary N) is 1. The monoisotopic (exact) mass is 391 g/mol. The second-order valence-electron chi connectivity index (χ2n) is 5.84. The predicted octanol–water partition coefficient (Wildman–Crippen LogP) is 1.23. The fourth-order valence-corrected chi connectivity index (χ4v) is 3.01. The van der Waals surface area contributed by atoms with Crippen molar-refractivity contribution in [3.8, 4) is 0 Å². The van der Waals surface area contributed by atoms with Crippen molar-refractivity contribution < 1.29 is 19.1 Å². The predicted molar refractivity (Wildman–Crippen MR) is 100.0 cm³/mol. The minimum absolute atomic E-state index is 0.00786. The summed E-state index contributed by atoms with van der Waals surface area (Å²) >= 11 is 1.10. The highest BCUT2D eigenvalue weighted by molar-refractivity contribution is 8.13. The van der Waals surface area contributed by atoms with Gasteiger partial charge in [-0.3, -0.25) is 14.9 Å². The van der Waals surface area contributed by atoms with E-state index in [-0.39, 0.29) is 23.5 Å². The third-order valence-electron chi connectivity index (χ3n) is 3.77. The summed E-state index contributed by atoms with van der Waals surface area (Å²) < 4.78 is 4.53. The molecule has 0 radical (unpaired) electrons. The Morgan fingerprint density at radius 3 is 2.70 bits per heavy atom. The lowest BCUT2D eigenvalue weighted by Crippen LogP contribution is -2.28. The molecule has 1 aromatic carbocycles. The van der Waals surface area contributed by atoms with E-state index in [1.807, 2.05) is 31.2 Å². The molecular weight excluding hydrogens is 370 g/mol. The van der Waals surface area contributed by atoms with Crippen LogP contribution < -0.4 is 5.32 Å². The fraction of sp³-hybridized carbons (Fsp3) is 0.412. The van der Waals surface area contributed by atoms with Crippen molar-refractivity contribution in [2.24, 2.45) is 5.92 Å². The van der Waals surface area contributed by atoms with Crippen LogP contribution in [-0.4, -0.2) is 50.1 Å². The summed E-state index contributed by atoms with van der Waals surface area (Å²) in [6.07, 6.45) is 0.481. The van der Waals surface area contributed by atoms with E-state index in [0.29, 0.717) is 12.2 Å². The summed E-state index contributed by atoms with van der Waals surface area (Å²) in [4.78, 5) is 36.3. The van der Waals surface area contributed by atoms with Gasteiger partial charge in [-0.05, 0) is 29.7 Å². The summed E-state index contributed by atoms with van der Waals surface area (Å²) in [5.74, 6) is -0.963. The second kappa shape index (κ2) is 9.81. The first-order chi connectivity index (χ1) is 12.9. The second-order valence-corrected chi connectivity index (χ2v) is 7.04. The number of aryl methyl sites for hydroxylation is 1. The lowest BCUT2D eigenvalue weighted by Gasteiger charge is -2.16. The van der Waals surface area contributed by atoms with Gasteiger partial charge in [0.25, 0.3) is 5.95 Å². The molecule has 1 amide bonds. The number of methoxy groups -OCH3 is 1. The molecule has 0 spiro atoms. The van der Waals surface area contributed by atoms with Gasteiger partial charge in [-0.1, -0.05) is 41.1 Å². The molecule has 0 unspecified atom stereocenters. The number of carbonyl (C=O) groups excluding carboxylic acids is 3. The molecule has 1 N–H and O–H groups in total. The maximum absolute atomic E-state index is 12.7. The van der Waals surface area contributed by atoms with E-state index in [0.717, 1.165) is 27.7 Å². The summed E-state index contributed by atoms with van der Waals surface area (Å²) in [6.45, 7) is 3.24. The van der Waals surface area contributed by atoms with Gasteiger partial charge in [-0.2, -0.15) is 4.80 Å². The Kier molecular flexibility index (Phi) is 7.47. The fourth-order valence-electron chi connectivity index (χ4n) is 2.30. The Bertz CT molecular complexity index is 823. The Morgan fingerprint density at radius 1 is 1.30 bits per heavy atom. The molecule has 1 heterocycles. The largest absolute Gasteiger partial charge is 0.468 e. The van der Waals surface area contributed by atoms with E-state index in [1.165, 1.54) is 14.0 Å². The van der Waals surface area contributed by atoms with Gasteiger partial charge < -0.3 is 4.74 Å². The summed E-state index contributed by atoms with van der Waals surface area (Å²) in [7, 11) is 1.25. The van der Waals surface area contributed by atoms with Crippen molar-refractivity contribution in [3.05, 3.63) is 35.4 Å². The first-order valence-electron chi connectivity index (χ1n) is 8.22. The summed E-state index contributed by atoms with van der Waals surface area (Å²) in [6, 6.07) is 7.78. The van der Waals surface area contributed by atoms with Gasteiger partial charge in [0.2, 0.25) is 5.91 Å². The van der Waals surface area contributed by atoms with Crippen LogP contribution in [-0.2, 0) is 32.1 Å². The van der Waals surface area contributed by atoms with Crippen LogP contribution in [0.1, 0.15) is 18.1 Å². The highest BCUT2D eigenvalue weighted by atomic mass is 32.2. The molecule has 144 valence electrons. The number of aromatic nitrogens is 4. The van der Waals surface area contributed by atoms with Gasteiger partial charge in [0.1, 0.15) is 0 Å². The van der Waals surface area contributed by atoms with Crippen molar-refractivity contribution >= 4 is 34.7 Å². The first kappa shape index (κ1) is 20.6. The number of hydrogen-bond acceptors (Lipinski definition) is 8. The smallest absolute Gasteiger partial charge is 0.329 e. The molecule has 27 heavy (non-hydrogen) atoms. The van der Waals surface area contributed by atoms with Crippen molar-refractivity contribution in [2.75, 3.05) is 18.2 Å². The number of nitrogens with zero attached hydrogens (tertiary/aromatic N) is 4. The number of anilines is 1. The van der Waals surface area contributed by atoms with Crippen molar-refractivity contribution in [3.63, 3.8) is 0 Å². The standard InChI is InChI=1S/C17H21N5O4S/c1-11-6-4-5-7-13(11)8-14(10-27-12(2)23)16(25)18-17-19-21-22(20-17)9-15(24)26-3/h4-7,14H,8-10H2,1-3H3,(H,18,20,25)/t14-/m1/s1. The number of ether oxygens (including phenoxy) is 1. The zero-order chi connectivity index (χ0) is 19.8. The number of carbonyl (C=O) groups is 3. The Labute approximate surface area is 160 Å². The van der Waals surface area contributed by atoms with Crippen molar-refractivity contribution in [2.45, 2.75) is 26.8 Å².